The molecule has 5 heteroatoms. The van der Waals surface area contributed by atoms with Crippen LogP contribution in [0.1, 0.15) is 28.8 Å². The van der Waals surface area contributed by atoms with Crippen molar-refractivity contribution in [3.8, 4) is 22.6 Å². The van der Waals surface area contributed by atoms with Gasteiger partial charge in [-0.3, -0.25) is 0 Å². The summed E-state index contributed by atoms with van der Waals surface area (Å²) in [5.74, 6) is 0.0543. The van der Waals surface area contributed by atoms with Crippen LogP contribution in [0.3, 0.4) is 0 Å². The van der Waals surface area contributed by atoms with Gasteiger partial charge < -0.3 is 19.7 Å². The van der Waals surface area contributed by atoms with Gasteiger partial charge in [0.2, 0.25) is 0 Å². The number of hydrogen-bond acceptors (Lipinski definition) is 4. The fraction of sp³-hybridized carbons (Fsp3) is 0.316. The molecule has 0 spiro atoms. The Balaban J connectivity index is 1.78. The van der Waals surface area contributed by atoms with Crippen molar-refractivity contribution >= 4 is 5.97 Å². The third-order valence-corrected chi connectivity index (χ3v) is 4.85. The predicted octanol–water partition coefficient (Wildman–Crippen LogP) is 2.85. The zero-order valence-corrected chi connectivity index (χ0v) is 13.1. The molecule has 0 saturated heterocycles. The lowest BCUT2D eigenvalue weighted by Crippen LogP contribution is -2.17. The number of aliphatic hydroxyl groups excluding tert-OH is 1. The van der Waals surface area contributed by atoms with E-state index in [2.05, 4.69) is 0 Å². The van der Waals surface area contributed by atoms with E-state index in [0.29, 0.717) is 30.3 Å². The van der Waals surface area contributed by atoms with Gasteiger partial charge in [-0.2, -0.15) is 0 Å². The highest BCUT2D eigenvalue weighted by Crippen LogP contribution is 2.48. The average molecular weight is 326 g/mol. The molecule has 124 valence electrons. The second-order valence-corrected chi connectivity index (χ2v) is 6.37. The first-order valence-corrected chi connectivity index (χ1v) is 8.02. The maximum absolute atomic E-state index is 11.4. The van der Waals surface area contributed by atoms with Gasteiger partial charge in [0.05, 0.1) is 12.2 Å². The summed E-state index contributed by atoms with van der Waals surface area (Å²) >= 11 is 0. The number of fused-ring (bicyclic) bond motifs is 1. The molecule has 4 rings (SSSR count). The van der Waals surface area contributed by atoms with Gasteiger partial charge in [0, 0.05) is 11.0 Å². The Morgan fingerprint density at radius 2 is 1.79 bits per heavy atom. The van der Waals surface area contributed by atoms with Crippen molar-refractivity contribution in [1.82, 2.24) is 0 Å². The molecule has 0 atom stereocenters. The number of ether oxygens (including phenoxy) is 2. The molecular weight excluding hydrogens is 308 g/mol. The van der Waals surface area contributed by atoms with Crippen molar-refractivity contribution in [2.75, 3.05) is 19.8 Å². The summed E-state index contributed by atoms with van der Waals surface area (Å²) in [4.78, 5) is 11.4. The number of aromatic carboxylic acids is 1. The highest BCUT2D eigenvalue weighted by atomic mass is 16.6. The number of rotatable bonds is 4. The van der Waals surface area contributed by atoms with Gasteiger partial charge in [-0.1, -0.05) is 24.3 Å². The molecule has 1 aliphatic heterocycles. The Hall–Kier alpha value is -2.53. The largest absolute Gasteiger partial charge is 0.486 e. The Kier molecular flexibility index (Phi) is 3.46. The Labute approximate surface area is 139 Å². The smallest absolute Gasteiger partial charge is 0.335 e. The van der Waals surface area contributed by atoms with E-state index in [4.69, 9.17) is 9.47 Å². The molecule has 2 aromatic rings. The van der Waals surface area contributed by atoms with Crippen LogP contribution in [0, 0.1) is 0 Å². The number of carboxylic acids is 1. The van der Waals surface area contributed by atoms with Gasteiger partial charge in [0.25, 0.3) is 0 Å². The molecule has 5 nitrogen and oxygen atoms in total. The van der Waals surface area contributed by atoms with E-state index in [-0.39, 0.29) is 17.6 Å². The number of carbonyl (C=O) groups is 1. The molecule has 24 heavy (non-hydrogen) atoms. The van der Waals surface area contributed by atoms with Crippen molar-refractivity contribution in [2.45, 2.75) is 18.3 Å². The normalized spacial score (nSPS) is 17.4. The van der Waals surface area contributed by atoms with Crippen molar-refractivity contribution < 1.29 is 24.5 Å². The average Bonchev–Trinajstić information content (AvgIpc) is 3.42. The van der Waals surface area contributed by atoms with Gasteiger partial charge in [-0.15, -0.1) is 0 Å². The van der Waals surface area contributed by atoms with E-state index in [9.17, 15) is 15.0 Å². The molecule has 1 fully saturated rings. The summed E-state index contributed by atoms with van der Waals surface area (Å²) in [6, 6.07) is 11.0. The van der Waals surface area contributed by atoms with E-state index in [1.807, 2.05) is 24.3 Å². The molecule has 1 aliphatic carbocycles. The molecule has 2 N–H and O–H groups in total. The van der Waals surface area contributed by atoms with Crippen LogP contribution in [0.4, 0.5) is 0 Å². The first-order chi connectivity index (χ1) is 11.6. The van der Waals surface area contributed by atoms with E-state index in [0.717, 1.165) is 24.0 Å². The number of aliphatic hydroxyl groups is 1. The number of carboxylic acid groups (broad SMARTS) is 1. The van der Waals surface area contributed by atoms with E-state index in [1.165, 1.54) is 6.07 Å². The van der Waals surface area contributed by atoms with Crippen molar-refractivity contribution in [1.29, 1.82) is 0 Å². The maximum Gasteiger partial charge on any atom is 0.335 e. The monoisotopic (exact) mass is 326 g/mol. The highest BCUT2D eigenvalue weighted by molar-refractivity contribution is 5.92. The van der Waals surface area contributed by atoms with Gasteiger partial charge in [0.1, 0.15) is 13.2 Å². The van der Waals surface area contributed by atoms with Gasteiger partial charge in [-0.25, -0.2) is 4.79 Å². The fourth-order valence-electron chi connectivity index (χ4n) is 3.18. The first-order valence-electron chi connectivity index (χ1n) is 8.02. The molecule has 0 radical (unpaired) electrons. The zero-order valence-electron chi connectivity index (χ0n) is 13.1. The summed E-state index contributed by atoms with van der Waals surface area (Å²) in [5.41, 5.74) is 2.80. The summed E-state index contributed by atoms with van der Waals surface area (Å²) in [7, 11) is 0. The van der Waals surface area contributed by atoms with Crippen molar-refractivity contribution in [2.24, 2.45) is 0 Å². The van der Waals surface area contributed by atoms with Crippen LogP contribution >= 0.6 is 0 Å². The van der Waals surface area contributed by atoms with Crippen LogP contribution < -0.4 is 9.47 Å². The molecular formula is C19H18O5. The van der Waals surface area contributed by atoms with E-state index < -0.39 is 5.97 Å². The highest BCUT2D eigenvalue weighted by Gasteiger charge is 2.43. The Bertz CT molecular complexity index is 790. The van der Waals surface area contributed by atoms with Gasteiger partial charge >= 0.3 is 5.97 Å². The summed E-state index contributed by atoms with van der Waals surface area (Å²) in [6.45, 7) is 1.01. The van der Waals surface area contributed by atoms with Gasteiger partial charge in [-0.05, 0) is 36.1 Å². The van der Waals surface area contributed by atoms with E-state index in [1.54, 1.807) is 6.07 Å². The number of benzene rings is 2. The Morgan fingerprint density at radius 3 is 2.42 bits per heavy atom. The molecule has 0 amide bonds. The minimum Gasteiger partial charge on any atom is -0.486 e. The van der Waals surface area contributed by atoms with Crippen molar-refractivity contribution in [3.05, 3.63) is 47.5 Å². The lowest BCUT2D eigenvalue weighted by molar-refractivity contribution is 0.0695. The fourth-order valence-corrected chi connectivity index (χ4v) is 3.18. The van der Waals surface area contributed by atoms with Crippen LogP contribution in [-0.4, -0.2) is 36.0 Å². The first kappa shape index (κ1) is 15.0. The lowest BCUT2D eigenvalue weighted by Gasteiger charge is -2.22. The minimum absolute atomic E-state index is 0.0829. The van der Waals surface area contributed by atoms with Crippen LogP contribution in [-0.2, 0) is 5.41 Å². The van der Waals surface area contributed by atoms with Crippen LogP contribution in [0.15, 0.2) is 36.4 Å². The quantitative estimate of drug-likeness (QED) is 0.903. The van der Waals surface area contributed by atoms with E-state index >= 15 is 0 Å². The molecule has 1 heterocycles. The lowest BCUT2D eigenvalue weighted by atomic mass is 9.93. The second kappa shape index (κ2) is 5.53. The minimum atomic E-state index is -0.998. The maximum atomic E-state index is 11.4. The summed E-state index contributed by atoms with van der Waals surface area (Å²) < 4.78 is 11.3. The van der Waals surface area contributed by atoms with Crippen LogP contribution in [0.2, 0.25) is 0 Å². The molecule has 2 aromatic carbocycles. The number of hydrogen-bond donors (Lipinski definition) is 2. The van der Waals surface area contributed by atoms with Crippen LogP contribution in [0.25, 0.3) is 11.1 Å². The van der Waals surface area contributed by atoms with Crippen molar-refractivity contribution in [3.63, 3.8) is 0 Å². The molecule has 0 bridgehead atoms. The molecule has 0 aromatic heterocycles. The molecule has 2 aliphatic rings. The zero-order chi connectivity index (χ0) is 16.7. The molecule has 0 unspecified atom stereocenters. The van der Waals surface area contributed by atoms with Crippen LogP contribution in [0.5, 0.6) is 11.5 Å². The topological polar surface area (TPSA) is 76.0 Å². The predicted molar refractivity (Wildman–Crippen MR) is 87.8 cm³/mol. The van der Waals surface area contributed by atoms with Gasteiger partial charge in [0.15, 0.2) is 11.5 Å². The standard InChI is InChI=1S/C19H18O5/c20-11-19(5-6-19)14-3-1-12(2-4-14)15-9-13(18(21)22)10-16-17(15)24-8-7-23-16/h1-4,9-10,20H,5-8,11H2,(H,21,22). The molecule has 1 saturated carbocycles. The third-order valence-electron chi connectivity index (χ3n) is 4.85. The third kappa shape index (κ3) is 2.41. The summed E-state index contributed by atoms with van der Waals surface area (Å²) in [6.07, 6.45) is 2.01. The second-order valence-electron chi connectivity index (χ2n) is 6.37. The summed E-state index contributed by atoms with van der Waals surface area (Å²) in [5, 5.41) is 18.9. The SMILES string of the molecule is O=C(O)c1cc2c(c(-c3ccc(C4(CO)CC4)cc3)c1)OCCO2. The Morgan fingerprint density at radius 1 is 1.08 bits per heavy atom.